The van der Waals surface area contributed by atoms with Crippen molar-refractivity contribution in [3.05, 3.63) is 48.1 Å². The second-order valence-corrected chi connectivity index (χ2v) is 3.51. The zero-order chi connectivity index (χ0) is 11.4. The molecule has 0 aliphatic heterocycles. The molecular weight excluding hydrogens is 202 g/mol. The lowest BCUT2D eigenvalue weighted by atomic mass is 10.1. The second kappa shape index (κ2) is 4.76. The maximum Gasteiger partial charge on any atom is 0.149 e. The van der Waals surface area contributed by atoms with E-state index in [1.807, 2.05) is 14.0 Å². The Morgan fingerprint density at radius 2 is 1.69 bits per heavy atom. The number of hydrogen-bond acceptors (Lipinski definition) is 5. The summed E-state index contributed by atoms with van der Waals surface area (Å²) in [6.45, 7) is 1.96. The van der Waals surface area contributed by atoms with Gasteiger partial charge in [0.1, 0.15) is 12.2 Å². The first kappa shape index (κ1) is 10.6. The summed E-state index contributed by atoms with van der Waals surface area (Å²) >= 11 is 0. The monoisotopic (exact) mass is 215 g/mol. The van der Waals surface area contributed by atoms with Gasteiger partial charge < -0.3 is 5.32 Å². The fraction of sp³-hybridized carbons (Fsp3) is 0.273. The van der Waals surface area contributed by atoms with Gasteiger partial charge in [0.25, 0.3) is 0 Å². The Kier molecular flexibility index (Phi) is 3.16. The average molecular weight is 215 g/mol. The summed E-state index contributed by atoms with van der Waals surface area (Å²) in [6.07, 6.45) is 8.63. The van der Waals surface area contributed by atoms with E-state index in [1.54, 1.807) is 24.8 Å². The minimum Gasteiger partial charge on any atom is -0.307 e. The van der Waals surface area contributed by atoms with Crippen molar-refractivity contribution in [2.45, 2.75) is 13.0 Å². The van der Waals surface area contributed by atoms with Gasteiger partial charge in [-0.2, -0.15) is 0 Å². The molecule has 1 atom stereocenters. The van der Waals surface area contributed by atoms with Gasteiger partial charge in [-0.05, 0) is 19.5 Å². The smallest absolute Gasteiger partial charge is 0.149 e. The Hall–Kier alpha value is -1.88. The highest BCUT2D eigenvalue weighted by atomic mass is 15.0. The van der Waals surface area contributed by atoms with Crippen LogP contribution in [0.25, 0.3) is 0 Å². The highest BCUT2D eigenvalue weighted by Gasteiger charge is 2.14. The molecule has 1 unspecified atom stereocenters. The Bertz CT molecular complexity index is 440. The molecule has 0 saturated heterocycles. The SMILES string of the molecule is CNC(c1cncnc1)c1ncc(C)cn1. The Morgan fingerprint density at radius 3 is 2.25 bits per heavy atom. The van der Waals surface area contributed by atoms with Crippen LogP contribution < -0.4 is 5.32 Å². The van der Waals surface area contributed by atoms with E-state index in [0.717, 1.165) is 17.0 Å². The molecule has 1 N–H and O–H groups in total. The van der Waals surface area contributed by atoms with Crippen LogP contribution in [0.2, 0.25) is 0 Å². The van der Waals surface area contributed by atoms with Crippen molar-refractivity contribution in [2.24, 2.45) is 0 Å². The fourth-order valence-corrected chi connectivity index (χ4v) is 1.46. The summed E-state index contributed by atoms with van der Waals surface area (Å²) < 4.78 is 0. The van der Waals surface area contributed by atoms with Gasteiger partial charge in [-0.25, -0.2) is 19.9 Å². The van der Waals surface area contributed by atoms with Gasteiger partial charge in [0, 0.05) is 30.4 Å². The zero-order valence-electron chi connectivity index (χ0n) is 9.25. The lowest BCUT2D eigenvalue weighted by molar-refractivity contribution is 0.639. The number of rotatable bonds is 3. The topological polar surface area (TPSA) is 63.6 Å². The second-order valence-electron chi connectivity index (χ2n) is 3.51. The van der Waals surface area contributed by atoms with Crippen molar-refractivity contribution in [1.82, 2.24) is 25.3 Å². The lowest BCUT2D eigenvalue weighted by Crippen LogP contribution is -2.20. The van der Waals surface area contributed by atoms with Crippen LogP contribution in [-0.4, -0.2) is 27.0 Å². The van der Waals surface area contributed by atoms with Gasteiger partial charge in [0.2, 0.25) is 0 Å². The van der Waals surface area contributed by atoms with Gasteiger partial charge in [-0.3, -0.25) is 0 Å². The van der Waals surface area contributed by atoms with Crippen molar-refractivity contribution >= 4 is 0 Å². The van der Waals surface area contributed by atoms with E-state index in [1.165, 1.54) is 6.33 Å². The predicted octanol–water partition coefficient (Wildman–Crippen LogP) is 0.884. The summed E-state index contributed by atoms with van der Waals surface area (Å²) in [5, 5.41) is 3.15. The summed E-state index contributed by atoms with van der Waals surface area (Å²) in [4.78, 5) is 16.6. The molecule has 0 aromatic carbocycles. The van der Waals surface area contributed by atoms with Crippen molar-refractivity contribution in [2.75, 3.05) is 7.05 Å². The van der Waals surface area contributed by atoms with Crippen LogP contribution in [0.15, 0.2) is 31.1 Å². The summed E-state index contributed by atoms with van der Waals surface area (Å²) in [6, 6.07) is -0.0678. The molecule has 5 heteroatoms. The molecule has 2 aromatic rings. The maximum absolute atomic E-state index is 4.30. The quantitative estimate of drug-likeness (QED) is 0.823. The van der Waals surface area contributed by atoms with Crippen LogP contribution in [-0.2, 0) is 0 Å². The molecule has 0 radical (unpaired) electrons. The van der Waals surface area contributed by atoms with Crippen molar-refractivity contribution in [1.29, 1.82) is 0 Å². The molecule has 0 bridgehead atoms. The summed E-state index contributed by atoms with van der Waals surface area (Å²) in [5.41, 5.74) is 2.00. The fourth-order valence-electron chi connectivity index (χ4n) is 1.46. The first-order valence-electron chi connectivity index (χ1n) is 5.02. The summed E-state index contributed by atoms with van der Waals surface area (Å²) in [7, 11) is 1.86. The molecule has 0 aliphatic rings. The molecule has 2 rings (SSSR count). The first-order valence-corrected chi connectivity index (χ1v) is 5.02. The van der Waals surface area contributed by atoms with Crippen molar-refractivity contribution < 1.29 is 0 Å². The van der Waals surface area contributed by atoms with E-state index in [9.17, 15) is 0 Å². The van der Waals surface area contributed by atoms with E-state index in [2.05, 4.69) is 25.3 Å². The Balaban J connectivity index is 2.33. The van der Waals surface area contributed by atoms with E-state index in [4.69, 9.17) is 0 Å². The Labute approximate surface area is 94.0 Å². The highest BCUT2D eigenvalue weighted by molar-refractivity contribution is 5.19. The standard InChI is InChI=1S/C11H13N5/c1-8-3-15-11(16-4-8)10(12-2)9-5-13-7-14-6-9/h3-7,10,12H,1-2H3. The number of aromatic nitrogens is 4. The van der Waals surface area contributed by atoms with Gasteiger partial charge in [0.15, 0.2) is 0 Å². The van der Waals surface area contributed by atoms with Crippen LogP contribution in [0.5, 0.6) is 0 Å². The zero-order valence-corrected chi connectivity index (χ0v) is 9.25. The van der Waals surface area contributed by atoms with Gasteiger partial charge in [0.05, 0.1) is 6.04 Å². The molecule has 0 saturated carbocycles. The largest absolute Gasteiger partial charge is 0.307 e. The Morgan fingerprint density at radius 1 is 1.06 bits per heavy atom. The van der Waals surface area contributed by atoms with Crippen LogP contribution >= 0.6 is 0 Å². The third-order valence-electron chi connectivity index (χ3n) is 2.26. The molecule has 16 heavy (non-hydrogen) atoms. The average Bonchev–Trinajstić information content (AvgIpc) is 2.34. The minimum atomic E-state index is -0.0678. The van der Waals surface area contributed by atoms with Crippen LogP contribution in [0.4, 0.5) is 0 Å². The van der Waals surface area contributed by atoms with E-state index >= 15 is 0 Å². The first-order chi connectivity index (χ1) is 7.81. The van der Waals surface area contributed by atoms with Crippen LogP contribution in [0, 0.1) is 6.92 Å². The van der Waals surface area contributed by atoms with E-state index < -0.39 is 0 Å². The maximum atomic E-state index is 4.30. The van der Waals surface area contributed by atoms with Crippen molar-refractivity contribution in [3.63, 3.8) is 0 Å². The number of nitrogens with zero attached hydrogens (tertiary/aromatic N) is 4. The van der Waals surface area contributed by atoms with Gasteiger partial charge in [-0.1, -0.05) is 0 Å². The van der Waals surface area contributed by atoms with Gasteiger partial charge in [-0.15, -0.1) is 0 Å². The number of hydrogen-bond donors (Lipinski definition) is 1. The molecule has 0 aliphatic carbocycles. The predicted molar refractivity (Wildman–Crippen MR) is 59.7 cm³/mol. The van der Waals surface area contributed by atoms with Crippen LogP contribution in [0.1, 0.15) is 23.0 Å². The van der Waals surface area contributed by atoms with Crippen LogP contribution in [0.3, 0.4) is 0 Å². The molecule has 0 amide bonds. The number of aryl methyl sites for hydroxylation is 1. The summed E-state index contributed by atoms with van der Waals surface area (Å²) in [5.74, 6) is 0.725. The van der Waals surface area contributed by atoms with E-state index in [0.29, 0.717) is 0 Å². The normalized spacial score (nSPS) is 12.4. The van der Waals surface area contributed by atoms with Gasteiger partial charge >= 0.3 is 0 Å². The van der Waals surface area contributed by atoms with Crippen molar-refractivity contribution in [3.8, 4) is 0 Å². The molecular formula is C11H13N5. The molecule has 2 heterocycles. The highest BCUT2D eigenvalue weighted by Crippen LogP contribution is 2.15. The minimum absolute atomic E-state index is 0.0678. The molecule has 5 nitrogen and oxygen atoms in total. The molecule has 2 aromatic heterocycles. The number of nitrogens with one attached hydrogen (secondary N) is 1. The lowest BCUT2D eigenvalue weighted by Gasteiger charge is -2.13. The third kappa shape index (κ3) is 2.20. The molecule has 0 fully saturated rings. The van der Waals surface area contributed by atoms with E-state index in [-0.39, 0.29) is 6.04 Å². The molecule has 0 spiro atoms. The third-order valence-corrected chi connectivity index (χ3v) is 2.26. The molecule has 82 valence electrons.